The number of aromatic nitrogens is 3. The highest BCUT2D eigenvalue weighted by Gasteiger charge is 2.28. The van der Waals surface area contributed by atoms with Crippen molar-refractivity contribution in [2.75, 3.05) is 25.2 Å². The van der Waals surface area contributed by atoms with Crippen molar-refractivity contribution in [3.63, 3.8) is 0 Å². The van der Waals surface area contributed by atoms with Gasteiger partial charge in [-0.05, 0) is 55.3 Å². The number of anilines is 1. The van der Waals surface area contributed by atoms with Gasteiger partial charge in [-0.15, -0.1) is 0 Å². The molecule has 0 atom stereocenters. The molecule has 2 heterocycles. The normalized spacial score (nSPS) is 11.2. The number of para-hydroxylation sites is 1. The number of fused-ring (bicyclic) bond motifs is 2. The predicted molar refractivity (Wildman–Crippen MR) is 159 cm³/mol. The van der Waals surface area contributed by atoms with E-state index in [4.69, 9.17) is 9.47 Å². The lowest BCUT2D eigenvalue weighted by molar-refractivity contribution is -0.116. The van der Waals surface area contributed by atoms with Crippen molar-refractivity contribution in [3.8, 4) is 16.9 Å². The summed E-state index contributed by atoms with van der Waals surface area (Å²) in [5.74, 6) is 0.190. The number of esters is 1. The number of unbranched alkanes of at least 4 members (excludes halogenated alkanes) is 1. The second-order valence-electron chi connectivity index (χ2n) is 9.54. The van der Waals surface area contributed by atoms with Crippen LogP contribution in [0.2, 0.25) is 0 Å². The minimum Gasteiger partial charge on any atom is -0.496 e. The van der Waals surface area contributed by atoms with Crippen molar-refractivity contribution in [2.45, 2.75) is 40.2 Å². The van der Waals surface area contributed by atoms with Crippen LogP contribution >= 0.6 is 11.7 Å². The number of carbonyl (C=O) groups excluding carboxylic acids is 2. The van der Waals surface area contributed by atoms with E-state index < -0.39 is 5.97 Å². The third kappa shape index (κ3) is 5.16. The first-order chi connectivity index (χ1) is 19.5. The van der Waals surface area contributed by atoms with Gasteiger partial charge in [0, 0.05) is 47.7 Å². The summed E-state index contributed by atoms with van der Waals surface area (Å²) in [5, 5.41) is 0.837. The van der Waals surface area contributed by atoms with E-state index in [-0.39, 0.29) is 12.5 Å². The van der Waals surface area contributed by atoms with Gasteiger partial charge in [0.05, 0.1) is 25.4 Å². The Bertz CT molecular complexity index is 1690. The second kappa shape index (κ2) is 11.9. The highest BCUT2D eigenvalue weighted by Crippen LogP contribution is 2.42. The number of carbonyl (C=O) groups is 2. The minimum atomic E-state index is -0.424. The number of nitrogens with zero attached hydrogens (tertiary/aromatic N) is 4. The maximum absolute atomic E-state index is 13.7. The fourth-order valence-electron chi connectivity index (χ4n) is 5.10. The van der Waals surface area contributed by atoms with Gasteiger partial charge in [-0.25, -0.2) is 4.79 Å². The van der Waals surface area contributed by atoms with E-state index in [0.29, 0.717) is 30.1 Å². The number of benzene rings is 3. The molecule has 1 amide bonds. The molecule has 0 spiro atoms. The Morgan fingerprint density at radius 1 is 1.00 bits per heavy atom. The monoisotopic (exact) mass is 556 g/mol. The zero-order chi connectivity index (χ0) is 28.2. The molecule has 0 fully saturated rings. The van der Waals surface area contributed by atoms with Crippen molar-refractivity contribution in [1.29, 1.82) is 0 Å². The molecule has 5 rings (SSSR count). The van der Waals surface area contributed by atoms with Crippen molar-refractivity contribution in [2.24, 2.45) is 0 Å². The lowest BCUT2D eigenvalue weighted by Gasteiger charge is -2.21. The number of methoxy groups -OCH3 is 1. The zero-order valence-corrected chi connectivity index (χ0v) is 24.0. The number of hydrogen-bond donors (Lipinski definition) is 0. The summed E-state index contributed by atoms with van der Waals surface area (Å²) in [5.41, 5.74) is 6.18. The molecule has 206 valence electrons. The molecule has 2 aromatic heterocycles. The molecule has 0 aliphatic rings. The molecule has 0 aliphatic carbocycles. The topological polar surface area (TPSA) is 86.5 Å². The Morgan fingerprint density at radius 2 is 1.80 bits per heavy atom. The van der Waals surface area contributed by atoms with E-state index in [1.54, 1.807) is 25.9 Å². The van der Waals surface area contributed by atoms with Crippen LogP contribution in [0.5, 0.6) is 5.75 Å². The summed E-state index contributed by atoms with van der Waals surface area (Å²) < 4.78 is 22.1. The Hall–Kier alpha value is -4.24. The first-order valence-corrected chi connectivity index (χ1v) is 14.2. The SMILES string of the molecule is CCCCN(C(C)=O)c1ccc2c(c1)c(-c1ccccc1OC)c(C(=O)OCC)n2Cc1ccc2nsnc2c1. The van der Waals surface area contributed by atoms with Crippen molar-refractivity contribution in [3.05, 3.63) is 71.9 Å². The molecule has 40 heavy (non-hydrogen) atoms. The van der Waals surface area contributed by atoms with Gasteiger partial charge in [-0.1, -0.05) is 37.6 Å². The fourth-order valence-corrected chi connectivity index (χ4v) is 5.62. The van der Waals surface area contributed by atoms with E-state index >= 15 is 0 Å². The van der Waals surface area contributed by atoms with E-state index in [1.165, 1.54) is 11.7 Å². The van der Waals surface area contributed by atoms with Gasteiger partial charge in [0.15, 0.2) is 0 Å². The van der Waals surface area contributed by atoms with Gasteiger partial charge < -0.3 is 18.9 Å². The average molecular weight is 557 g/mol. The molecule has 0 unspecified atom stereocenters. The van der Waals surface area contributed by atoms with Crippen LogP contribution in [0.1, 0.15) is 49.7 Å². The van der Waals surface area contributed by atoms with Gasteiger partial charge in [0.25, 0.3) is 0 Å². The van der Waals surface area contributed by atoms with Gasteiger partial charge in [-0.2, -0.15) is 8.75 Å². The number of rotatable bonds is 10. The standard InChI is InChI=1S/C31H32N4O4S/c1-5-7-16-34(20(3)36)22-13-15-27-24(18-22)29(23-10-8-9-11-28(23)38-4)30(31(37)39-6-2)35(27)19-21-12-14-25-26(17-21)33-40-32-25/h8-15,17-18H,5-7,16,19H2,1-4H3. The molecule has 0 aliphatic heterocycles. The fraction of sp³-hybridized carbons (Fsp3) is 0.290. The highest BCUT2D eigenvalue weighted by atomic mass is 32.1. The Balaban J connectivity index is 1.80. The van der Waals surface area contributed by atoms with E-state index in [0.717, 1.165) is 51.6 Å². The number of amides is 1. The molecule has 8 nitrogen and oxygen atoms in total. The molecule has 0 radical (unpaired) electrons. The molecule has 0 saturated heterocycles. The molecule has 0 saturated carbocycles. The molecule has 3 aromatic carbocycles. The van der Waals surface area contributed by atoms with Crippen LogP contribution < -0.4 is 9.64 Å². The third-order valence-corrected chi connectivity index (χ3v) is 7.53. The Labute approximate surface area is 237 Å². The number of ether oxygens (including phenoxy) is 2. The van der Waals surface area contributed by atoms with Gasteiger partial charge in [0.1, 0.15) is 22.5 Å². The van der Waals surface area contributed by atoms with Crippen molar-refractivity contribution < 1.29 is 19.1 Å². The van der Waals surface area contributed by atoms with Gasteiger partial charge in [0.2, 0.25) is 5.91 Å². The summed E-state index contributed by atoms with van der Waals surface area (Å²) in [6, 6.07) is 19.5. The lowest BCUT2D eigenvalue weighted by atomic mass is 10.00. The van der Waals surface area contributed by atoms with E-state index in [1.807, 2.05) is 65.2 Å². The van der Waals surface area contributed by atoms with Gasteiger partial charge >= 0.3 is 5.97 Å². The van der Waals surface area contributed by atoms with E-state index in [9.17, 15) is 9.59 Å². The zero-order valence-electron chi connectivity index (χ0n) is 23.1. The van der Waals surface area contributed by atoms with Crippen LogP contribution in [-0.4, -0.2) is 45.5 Å². The smallest absolute Gasteiger partial charge is 0.355 e. The van der Waals surface area contributed by atoms with Crippen LogP contribution in [-0.2, 0) is 16.1 Å². The first-order valence-electron chi connectivity index (χ1n) is 13.4. The quantitative estimate of drug-likeness (QED) is 0.178. The van der Waals surface area contributed by atoms with Crippen LogP contribution in [0.25, 0.3) is 33.1 Å². The summed E-state index contributed by atoms with van der Waals surface area (Å²) >= 11 is 1.18. The number of hydrogen-bond acceptors (Lipinski definition) is 7. The summed E-state index contributed by atoms with van der Waals surface area (Å²) in [6.45, 7) is 6.76. The second-order valence-corrected chi connectivity index (χ2v) is 10.1. The molecule has 0 bridgehead atoms. The van der Waals surface area contributed by atoms with Crippen molar-refractivity contribution in [1.82, 2.24) is 13.3 Å². The molecule has 9 heteroatoms. The average Bonchev–Trinajstić information content (AvgIpc) is 3.55. The van der Waals surface area contributed by atoms with Gasteiger partial charge in [-0.3, -0.25) is 4.79 Å². The van der Waals surface area contributed by atoms with Crippen LogP contribution in [0.15, 0.2) is 60.7 Å². The minimum absolute atomic E-state index is 0.0261. The van der Waals surface area contributed by atoms with Crippen LogP contribution in [0.4, 0.5) is 5.69 Å². The molecular weight excluding hydrogens is 524 g/mol. The first kappa shape index (κ1) is 27.3. The maximum Gasteiger partial charge on any atom is 0.355 e. The van der Waals surface area contributed by atoms with Crippen molar-refractivity contribution >= 4 is 51.2 Å². The predicted octanol–water partition coefficient (Wildman–Crippen LogP) is 6.70. The maximum atomic E-state index is 13.7. The lowest BCUT2D eigenvalue weighted by Crippen LogP contribution is -2.29. The van der Waals surface area contributed by atoms with Crippen LogP contribution in [0, 0.1) is 0 Å². The summed E-state index contributed by atoms with van der Waals surface area (Å²) in [4.78, 5) is 28.1. The Kier molecular flexibility index (Phi) is 8.11. The molecular formula is C31H32N4O4S. The summed E-state index contributed by atoms with van der Waals surface area (Å²) in [7, 11) is 1.62. The molecule has 5 aromatic rings. The van der Waals surface area contributed by atoms with E-state index in [2.05, 4.69) is 15.7 Å². The summed E-state index contributed by atoms with van der Waals surface area (Å²) in [6.07, 6.45) is 1.86. The van der Waals surface area contributed by atoms with Crippen LogP contribution in [0.3, 0.4) is 0 Å². The molecule has 0 N–H and O–H groups in total. The highest BCUT2D eigenvalue weighted by molar-refractivity contribution is 7.00. The largest absolute Gasteiger partial charge is 0.496 e. The third-order valence-electron chi connectivity index (χ3n) is 6.98. The Morgan fingerprint density at radius 3 is 2.55 bits per heavy atom.